The van der Waals surface area contributed by atoms with E-state index in [1.54, 1.807) is 32.9 Å². The fourth-order valence-corrected chi connectivity index (χ4v) is 3.97. The van der Waals surface area contributed by atoms with Gasteiger partial charge in [0.1, 0.15) is 23.4 Å². The predicted octanol–water partition coefficient (Wildman–Crippen LogP) is 4.72. The number of phenolic OH excluding ortho intramolecular Hbond substituents is 1. The van der Waals surface area contributed by atoms with Gasteiger partial charge in [-0.05, 0) is 57.4 Å². The molecule has 0 heterocycles. The largest absolute Gasteiger partial charge is 0.508 e. The number of unbranched alkanes of at least 4 members (excludes halogenated alkanes) is 2. The Morgan fingerprint density at radius 3 is 2.19 bits per heavy atom. The van der Waals surface area contributed by atoms with Crippen LogP contribution in [0.25, 0.3) is 0 Å². The Hall–Kier alpha value is -3.55. The van der Waals surface area contributed by atoms with E-state index < -0.39 is 29.7 Å². The third kappa shape index (κ3) is 9.79. The molecule has 0 bridgehead atoms. The standard InChI is InChI=1S/C29H41N3O5/c1-6-8-12-19-30-26(34)25(22-13-10-9-11-14-22)32(7-2)27(35)24(31-28(36)37-29(3,4)5)20-21-15-17-23(33)18-16-21/h9-11,13-18,24-25,33H,6-8,12,19-20H2,1-5H3,(H,30,34)(H,31,36). The summed E-state index contributed by atoms with van der Waals surface area (Å²) in [5.41, 5.74) is 0.681. The van der Waals surface area contributed by atoms with Crippen LogP contribution in [0.4, 0.5) is 4.79 Å². The maximum atomic E-state index is 14.0. The van der Waals surface area contributed by atoms with Crippen LogP contribution in [0, 0.1) is 0 Å². The molecule has 0 aliphatic carbocycles. The molecule has 0 aliphatic rings. The first-order valence-electron chi connectivity index (χ1n) is 13.0. The lowest BCUT2D eigenvalue weighted by atomic mass is 10.0. The van der Waals surface area contributed by atoms with Gasteiger partial charge in [0.2, 0.25) is 11.8 Å². The minimum atomic E-state index is -0.988. The number of carbonyl (C=O) groups is 3. The van der Waals surface area contributed by atoms with E-state index in [9.17, 15) is 19.5 Å². The van der Waals surface area contributed by atoms with Crippen LogP contribution < -0.4 is 10.6 Å². The highest BCUT2D eigenvalue weighted by molar-refractivity contribution is 5.92. The first kappa shape index (κ1) is 29.7. The van der Waals surface area contributed by atoms with Gasteiger partial charge in [-0.2, -0.15) is 0 Å². The van der Waals surface area contributed by atoms with Crippen LogP contribution in [0.1, 0.15) is 71.0 Å². The SMILES string of the molecule is CCCCCNC(=O)C(c1ccccc1)N(CC)C(=O)C(Cc1ccc(O)cc1)NC(=O)OC(C)(C)C. The number of likely N-dealkylation sites (N-methyl/N-ethyl adjacent to an activating group) is 1. The number of benzene rings is 2. The molecule has 0 spiro atoms. The maximum absolute atomic E-state index is 14.0. The molecule has 2 atom stereocenters. The molecule has 0 radical (unpaired) electrons. The van der Waals surface area contributed by atoms with E-state index >= 15 is 0 Å². The number of aromatic hydroxyl groups is 1. The fraction of sp³-hybridized carbons (Fsp3) is 0.483. The first-order chi connectivity index (χ1) is 17.6. The number of amides is 3. The highest BCUT2D eigenvalue weighted by Gasteiger charge is 2.35. The van der Waals surface area contributed by atoms with Crippen molar-refractivity contribution in [2.75, 3.05) is 13.1 Å². The van der Waals surface area contributed by atoms with Gasteiger partial charge in [0.25, 0.3) is 0 Å². The average Bonchev–Trinajstić information content (AvgIpc) is 2.85. The van der Waals surface area contributed by atoms with Crippen molar-refractivity contribution in [2.24, 2.45) is 0 Å². The van der Waals surface area contributed by atoms with Gasteiger partial charge in [0, 0.05) is 19.5 Å². The molecule has 0 fully saturated rings. The van der Waals surface area contributed by atoms with E-state index in [0.717, 1.165) is 24.8 Å². The van der Waals surface area contributed by atoms with Gasteiger partial charge in [-0.15, -0.1) is 0 Å². The predicted molar refractivity (Wildman–Crippen MR) is 144 cm³/mol. The molecule has 0 saturated carbocycles. The Labute approximate surface area is 220 Å². The monoisotopic (exact) mass is 511 g/mol. The van der Waals surface area contributed by atoms with Crippen molar-refractivity contribution < 1.29 is 24.2 Å². The molecule has 3 N–H and O–H groups in total. The Morgan fingerprint density at radius 2 is 1.62 bits per heavy atom. The van der Waals surface area contributed by atoms with Crippen molar-refractivity contribution in [1.82, 2.24) is 15.5 Å². The van der Waals surface area contributed by atoms with Gasteiger partial charge < -0.3 is 25.4 Å². The van der Waals surface area contributed by atoms with Crippen molar-refractivity contribution in [3.63, 3.8) is 0 Å². The highest BCUT2D eigenvalue weighted by Crippen LogP contribution is 2.23. The Balaban J connectivity index is 2.38. The van der Waals surface area contributed by atoms with Crippen LogP contribution >= 0.6 is 0 Å². The molecule has 202 valence electrons. The van der Waals surface area contributed by atoms with E-state index in [1.165, 1.54) is 17.0 Å². The van der Waals surface area contributed by atoms with Gasteiger partial charge in [-0.1, -0.05) is 62.2 Å². The number of rotatable bonds is 12. The molecule has 3 amide bonds. The Morgan fingerprint density at radius 1 is 0.973 bits per heavy atom. The number of ether oxygens (including phenoxy) is 1. The summed E-state index contributed by atoms with van der Waals surface area (Å²) in [5, 5.41) is 15.3. The minimum absolute atomic E-state index is 0.103. The molecule has 0 aromatic heterocycles. The Kier molecular flexibility index (Phi) is 11.4. The minimum Gasteiger partial charge on any atom is -0.508 e. The van der Waals surface area contributed by atoms with E-state index in [0.29, 0.717) is 12.1 Å². The fourth-order valence-electron chi connectivity index (χ4n) is 3.97. The second-order valence-electron chi connectivity index (χ2n) is 10.0. The molecule has 8 nitrogen and oxygen atoms in total. The third-order valence-electron chi connectivity index (χ3n) is 5.74. The van der Waals surface area contributed by atoms with E-state index in [-0.39, 0.29) is 24.6 Å². The number of hydrogen-bond donors (Lipinski definition) is 3. The molecule has 2 aromatic carbocycles. The number of nitrogens with zero attached hydrogens (tertiary/aromatic N) is 1. The summed E-state index contributed by atoms with van der Waals surface area (Å²) >= 11 is 0. The summed E-state index contributed by atoms with van der Waals surface area (Å²) in [7, 11) is 0. The summed E-state index contributed by atoms with van der Waals surface area (Å²) in [4.78, 5) is 41.5. The normalized spacial score (nSPS) is 12.8. The lowest BCUT2D eigenvalue weighted by Gasteiger charge is -2.34. The molecule has 2 rings (SSSR count). The van der Waals surface area contributed by atoms with E-state index in [1.807, 2.05) is 37.3 Å². The van der Waals surface area contributed by atoms with Crippen molar-refractivity contribution in [3.8, 4) is 5.75 Å². The number of phenols is 1. The van der Waals surface area contributed by atoms with Crippen LogP contribution in [0.2, 0.25) is 0 Å². The molecule has 8 heteroatoms. The number of hydrogen-bond acceptors (Lipinski definition) is 5. The smallest absolute Gasteiger partial charge is 0.408 e. The second-order valence-corrected chi connectivity index (χ2v) is 10.0. The average molecular weight is 512 g/mol. The van der Waals surface area contributed by atoms with E-state index in [4.69, 9.17) is 4.74 Å². The number of alkyl carbamates (subject to hydrolysis) is 1. The molecular weight excluding hydrogens is 470 g/mol. The van der Waals surface area contributed by atoms with E-state index in [2.05, 4.69) is 17.6 Å². The van der Waals surface area contributed by atoms with Gasteiger partial charge >= 0.3 is 6.09 Å². The number of nitrogens with one attached hydrogen (secondary N) is 2. The molecule has 0 aliphatic heterocycles. The summed E-state index contributed by atoms with van der Waals surface area (Å²) in [5.74, 6) is -0.567. The summed E-state index contributed by atoms with van der Waals surface area (Å²) in [6.07, 6.45) is 2.33. The molecule has 2 aromatic rings. The van der Waals surface area contributed by atoms with Crippen LogP contribution in [0.5, 0.6) is 5.75 Å². The number of carbonyl (C=O) groups excluding carboxylic acids is 3. The van der Waals surface area contributed by atoms with Crippen molar-refractivity contribution in [1.29, 1.82) is 0 Å². The zero-order valence-corrected chi connectivity index (χ0v) is 22.6. The lowest BCUT2D eigenvalue weighted by Crippen LogP contribution is -2.53. The highest BCUT2D eigenvalue weighted by atomic mass is 16.6. The Bertz CT molecular complexity index is 1000. The van der Waals surface area contributed by atoms with Crippen LogP contribution in [-0.2, 0) is 20.7 Å². The molecular formula is C29H41N3O5. The summed E-state index contributed by atoms with van der Waals surface area (Å²) in [6.45, 7) is 9.92. The summed E-state index contributed by atoms with van der Waals surface area (Å²) in [6, 6.07) is 13.8. The lowest BCUT2D eigenvalue weighted by molar-refractivity contribution is -0.142. The van der Waals surface area contributed by atoms with Crippen molar-refractivity contribution in [2.45, 2.75) is 78.0 Å². The van der Waals surface area contributed by atoms with Crippen molar-refractivity contribution >= 4 is 17.9 Å². The maximum Gasteiger partial charge on any atom is 0.408 e. The second kappa shape index (κ2) is 14.3. The van der Waals surface area contributed by atoms with Crippen LogP contribution in [0.15, 0.2) is 54.6 Å². The molecule has 0 saturated heterocycles. The zero-order chi connectivity index (χ0) is 27.4. The van der Waals surface area contributed by atoms with Crippen molar-refractivity contribution in [3.05, 3.63) is 65.7 Å². The van der Waals surface area contributed by atoms with Gasteiger partial charge in [-0.25, -0.2) is 4.79 Å². The quantitative estimate of drug-likeness (QED) is 0.357. The topological polar surface area (TPSA) is 108 Å². The first-order valence-corrected chi connectivity index (χ1v) is 13.0. The van der Waals surface area contributed by atoms with Crippen LogP contribution in [0.3, 0.4) is 0 Å². The van der Waals surface area contributed by atoms with Crippen LogP contribution in [-0.4, -0.2) is 52.6 Å². The van der Waals surface area contributed by atoms with Gasteiger partial charge in [0.05, 0.1) is 0 Å². The van der Waals surface area contributed by atoms with Gasteiger partial charge in [0.15, 0.2) is 0 Å². The molecule has 2 unspecified atom stereocenters. The molecule has 37 heavy (non-hydrogen) atoms. The van der Waals surface area contributed by atoms with Gasteiger partial charge in [-0.3, -0.25) is 9.59 Å². The third-order valence-corrected chi connectivity index (χ3v) is 5.74. The zero-order valence-electron chi connectivity index (χ0n) is 22.6. The summed E-state index contributed by atoms with van der Waals surface area (Å²) < 4.78 is 5.42.